The number of piperidine rings is 1. The number of hydrogen-bond acceptors (Lipinski definition) is 11. The average molecular weight is 616 g/mol. The number of ether oxygens (including phenoxy) is 4. The molecule has 6 heterocycles. The lowest BCUT2D eigenvalue weighted by molar-refractivity contribution is -0.0993. The molecule has 45 heavy (non-hydrogen) atoms. The Morgan fingerprint density at radius 2 is 1.82 bits per heavy atom. The fraction of sp³-hybridized carbons (Fsp3) is 0.438. The molecule has 4 aromatic rings. The van der Waals surface area contributed by atoms with Crippen LogP contribution in [0.3, 0.4) is 0 Å². The molecule has 13 nitrogen and oxygen atoms in total. The van der Waals surface area contributed by atoms with Crippen LogP contribution in [-0.4, -0.2) is 85.4 Å². The zero-order valence-corrected chi connectivity index (χ0v) is 26.0. The largest absolute Gasteiger partial charge is 0.488 e. The van der Waals surface area contributed by atoms with Gasteiger partial charge in [-0.1, -0.05) is 0 Å². The Kier molecular flexibility index (Phi) is 8.28. The standard InChI is InChI=1S/C32H37N7O6/c1-6-43-30(40)26-7-8-28(36-35-26)34-29-15-21-12-20(9-10-38(21)37-29)25-11-19(2)33-16-27(25)44-24-13-22-17-42-18-23(14-24)39(22)31(41)45-32(3,4)5/h7-12,15-16,22-24H,6,13-14,17-18H2,1-5H3,(H,34,36,37)/t22-,23+,24?. The van der Waals surface area contributed by atoms with E-state index in [2.05, 4.69) is 25.6 Å². The molecule has 0 spiro atoms. The summed E-state index contributed by atoms with van der Waals surface area (Å²) < 4.78 is 24.8. The summed E-state index contributed by atoms with van der Waals surface area (Å²) in [4.78, 5) is 31.2. The summed E-state index contributed by atoms with van der Waals surface area (Å²) in [6, 6.07) is 10.9. The third kappa shape index (κ3) is 6.83. The highest BCUT2D eigenvalue weighted by Crippen LogP contribution is 2.36. The summed E-state index contributed by atoms with van der Waals surface area (Å²) in [6.45, 7) is 10.5. The first-order valence-corrected chi connectivity index (χ1v) is 15.1. The van der Waals surface area contributed by atoms with Crippen LogP contribution in [0.5, 0.6) is 5.75 Å². The van der Waals surface area contributed by atoms with E-state index in [1.807, 2.05) is 63.1 Å². The topological polar surface area (TPSA) is 142 Å². The van der Waals surface area contributed by atoms with Crippen molar-refractivity contribution in [3.05, 3.63) is 60.2 Å². The molecule has 2 saturated heterocycles. The van der Waals surface area contributed by atoms with E-state index in [4.69, 9.17) is 18.9 Å². The maximum atomic E-state index is 13.0. The van der Waals surface area contributed by atoms with E-state index in [-0.39, 0.29) is 36.6 Å². The minimum absolute atomic E-state index is 0.114. The highest BCUT2D eigenvalue weighted by Gasteiger charge is 2.44. The minimum atomic E-state index is -0.569. The molecule has 2 aliphatic heterocycles. The Labute approximate surface area is 260 Å². The van der Waals surface area contributed by atoms with Crippen molar-refractivity contribution in [2.24, 2.45) is 0 Å². The number of esters is 1. The number of aryl methyl sites for hydroxylation is 1. The number of fused-ring (bicyclic) bond motifs is 3. The first kappa shape index (κ1) is 30.3. The van der Waals surface area contributed by atoms with E-state index in [1.54, 1.807) is 29.8 Å². The van der Waals surface area contributed by atoms with Crippen LogP contribution in [0.1, 0.15) is 56.7 Å². The Morgan fingerprint density at radius 3 is 2.51 bits per heavy atom. The number of anilines is 2. The van der Waals surface area contributed by atoms with Gasteiger partial charge in [-0.25, -0.2) is 14.1 Å². The Bertz CT molecular complexity index is 1690. The fourth-order valence-electron chi connectivity index (χ4n) is 5.69. The quantitative estimate of drug-likeness (QED) is 0.282. The van der Waals surface area contributed by atoms with Gasteiger partial charge >= 0.3 is 12.1 Å². The van der Waals surface area contributed by atoms with Crippen LogP contribution in [0, 0.1) is 6.92 Å². The summed E-state index contributed by atoms with van der Waals surface area (Å²) in [5.41, 5.74) is 3.14. The third-order valence-electron chi connectivity index (χ3n) is 7.56. The molecule has 236 valence electrons. The molecule has 1 unspecified atom stereocenters. The van der Waals surface area contributed by atoms with Gasteiger partial charge in [-0.2, -0.15) is 5.10 Å². The third-order valence-corrected chi connectivity index (χ3v) is 7.56. The summed E-state index contributed by atoms with van der Waals surface area (Å²) in [5, 5.41) is 15.7. The van der Waals surface area contributed by atoms with Gasteiger partial charge in [-0.05, 0) is 70.5 Å². The highest BCUT2D eigenvalue weighted by molar-refractivity contribution is 5.87. The highest BCUT2D eigenvalue weighted by atomic mass is 16.6. The van der Waals surface area contributed by atoms with Crippen LogP contribution >= 0.6 is 0 Å². The second kappa shape index (κ2) is 12.3. The number of amides is 1. The number of carbonyl (C=O) groups excluding carboxylic acids is 2. The van der Waals surface area contributed by atoms with Crippen LogP contribution in [0.15, 0.2) is 48.8 Å². The molecule has 1 amide bonds. The van der Waals surface area contributed by atoms with Gasteiger partial charge in [0.15, 0.2) is 17.3 Å². The fourth-order valence-corrected chi connectivity index (χ4v) is 5.69. The minimum Gasteiger partial charge on any atom is -0.488 e. The predicted molar refractivity (Wildman–Crippen MR) is 165 cm³/mol. The maximum Gasteiger partial charge on any atom is 0.410 e. The Balaban J connectivity index is 1.19. The first-order chi connectivity index (χ1) is 21.6. The Hall–Kier alpha value is -4.78. The molecule has 6 rings (SSSR count). The number of nitrogens with one attached hydrogen (secondary N) is 1. The first-order valence-electron chi connectivity index (χ1n) is 15.1. The van der Waals surface area contributed by atoms with E-state index < -0.39 is 11.6 Å². The number of hydrogen-bond donors (Lipinski definition) is 1. The number of rotatable bonds is 7. The average Bonchev–Trinajstić information content (AvgIpc) is 3.38. The summed E-state index contributed by atoms with van der Waals surface area (Å²) in [5.74, 6) is 1.17. The predicted octanol–water partition coefficient (Wildman–Crippen LogP) is 4.96. The molecule has 2 fully saturated rings. The van der Waals surface area contributed by atoms with Gasteiger partial charge in [0.2, 0.25) is 0 Å². The molecule has 1 N–H and O–H groups in total. The van der Waals surface area contributed by atoms with Gasteiger partial charge in [-0.15, -0.1) is 10.2 Å². The lowest BCUT2D eigenvalue weighted by Gasteiger charge is -2.48. The molecule has 3 atom stereocenters. The maximum absolute atomic E-state index is 13.0. The van der Waals surface area contributed by atoms with Gasteiger partial charge in [-0.3, -0.25) is 9.88 Å². The lowest BCUT2D eigenvalue weighted by Crippen LogP contribution is -2.61. The van der Waals surface area contributed by atoms with Crippen molar-refractivity contribution >= 4 is 29.2 Å². The van der Waals surface area contributed by atoms with Crippen molar-refractivity contribution in [3.8, 4) is 16.9 Å². The number of aromatic nitrogens is 5. The second-order valence-corrected chi connectivity index (χ2v) is 12.2. The number of carbonyl (C=O) groups is 2. The van der Waals surface area contributed by atoms with Crippen molar-refractivity contribution in [2.75, 3.05) is 25.1 Å². The normalized spacial score (nSPS) is 19.7. The van der Waals surface area contributed by atoms with Crippen LogP contribution in [0.2, 0.25) is 0 Å². The van der Waals surface area contributed by atoms with Crippen molar-refractivity contribution in [1.82, 2.24) is 29.7 Å². The van der Waals surface area contributed by atoms with Crippen LogP contribution in [0.4, 0.5) is 16.4 Å². The SMILES string of the molecule is CCOC(=O)c1ccc(Nc2cc3cc(-c4cc(C)ncc4OC4C[C@H]5COC[C@@H](C4)N5C(=O)OC(C)(C)C)ccn3n2)nn1. The zero-order chi connectivity index (χ0) is 31.7. The van der Waals surface area contributed by atoms with Gasteiger partial charge in [0.05, 0.1) is 43.6 Å². The van der Waals surface area contributed by atoms with Gasteiger partial charge < -0.3 is 24.3 Å². The van der Waals surface area contributed by atoms with E-state index in [1.165, 1.54) is 0 Å². The molecule has 2 bridgehead atoms. The van der Waals surface area contributed by atoms with Crippen molar-refractivity contribution in [3.63, 3.8) is 0 Å². The molecule has 0 aliphatic carbocycles. The van der Waals surface area contributed by atoms with E-state index in [9.17, 15) is 9.59 Å². The summed E-state index contributed by atoms with van der Waals surface area (Å²) >= 11 is 0. The van der Waals surface area contributed by atoms with Crippen molar-refractivity contribution in [1.29, 1.82) is 0 Å². The number of pyridine rings is 2. The van der Waals surface area contributed by atoms with Crippen LogP contribution in [-0.2, 0) is 14.2 Å². The van der Waals surface area contributed by atoms with Gasteiger partial charge in [0.25, 0.3) is 0 Å². The zero-order valence-electron chi connectivity index (χ0n) is 26.0. The molecule has 0 aromatic carbocycles. The number of morpholine rings is 1. The molecule has 2 aliphatic rings. The van der Waals surface area contributed by atoms with Crippen LogP contribution in [0.25, 0.3) is 16.6 Å². The smallest absolute Gasteiger partial charge is 0.410 e. The van der Waals surface area contributed by atoms with E-state index in [0.717, 1.165) is 22.3 Å². The van der Waals surface area contributed by atoms with E-state index >= 15 is 0 Å². The van der Waals surface area contributed by atoms with Crippen LogP contribution < -0.4 is 10.1 Å². The number of nitrogens with zero attached hydrogens (tertiary/aromatic N) is 6. The lowest BCUT2D eigenvalue weighted by atomic mass is 9.92. The monoisotopic (exact) mass is 615 g/mol. The molecule has 4 aromatic heterocycles. The van der Waals surface area contributed by atoms with Gasteiger partial charge in [0.1, 0.15) is 17.5 Å². The second-order valence-electron chi connectivity index (χ2n) is 12.2. The molecule has 0 saturated carbocycles. The Morgan fingerprint density at radius 1 is 1.04 bits per heavy atom. The van der Waals surface area contributed by atoms with Crippen molar-refractivity contribution < 1.29 is 28.5 Å². The summed E-state index contributed by atoms with van der Waals surface area (Å²) in [6.07, 6.45) is 4.49. The molecule has 0 radical (unpaired) electrons. The summed E-state index contributed by atoms with van der Waals surface area (Å²) in [7, 11) is 0. The molecular weight excluding hydrogens is 578 g/mol. The van der Waals surface area contributed by atoms with E-state index in [0.29, 0.717) is 43.4 Å². The van der Waals surface area contributed by atoms with Crippen molar-refractivity contribution in [2.45, 2.75) is 71.2 Å². The molecule has 13 heteroatoms. The molecular formula is C32H37N7O6. The van der Waals surface area contributed by atoms with Gasteiger partial charge in [0, 0.05) is 36.4 Å².